The highest BCUT2D eigenvalue weighted by molar-refractivity contribution is 7.98. The summed E-state index contributed by atoms with van der Waals surface area (Å²) in [6, 6.07) is 0.616. The molecular weight excluding hydrogens is 194 g/mol. The molecule has 0 saturated carbocycles. The van der Waals surface area contributed by atoms with Gasteiger partial charge in [-0.05, 0) is 12.7 Å². The summed E-state index contributed by atoms with van der Waals surface area (Å²) in [6.07, 6.45) is 7.30. The van der Waals surface area contributed by atoms with Crippen LogP contribution in [0.1, 0.15) is 18.9 Å². The molecule has 0 amide bonds. The van der Waals surface area contributed by atoms with Gasteiger partial charge in [-0.1, -0.05) is 6.92 Å². The molecule has 0 radical (unpaired) electrons. The number of nitrogens with zero attached hydrogens (tertiary/aromatic N) is 2. The third-order valence-electron chi connectivity index (χ3n) is 2.21. The number of rotatable bonds is 6. The van der Waals surface area contributed by atoms with Crippen LogP contribution in [-0.2, 0) is 13.6 Å². The van der Waals surface area contributed by atoms with Gasteiger partial charge in [0.05, 0.1) is 6.20 Å². The van der Waals surface area contributed by atoms with Gasteiger partial charge >= 0.3 is 0 Å². The number of hydrogen-bond donors (Lipinski definition) is 1. The Kier molecular flexibility index (Phi) is 5.04. The van der Waals surface area contributed by atoms with E-state index in [1.807, 2.05) is 29.7 Å². The van der Waals surface area contributed by atoms with Crippen LogP contribution in [0.4, 0.5) is 0 Å². The van der Waals surface area contributed by atoms with Crippen molar-refractivity contribution in [2.45, 2.75) is 25.9 Å². The molecule has 1 aromatic rings. The predicted octanol–water partition coefficient (Wildman–Crippen LogP) is 1.65. The summed E-state index contributed by atoms with van der Waals surface area (Å²) in [5.41, 5.74) is 1.26. The van der Waals surface area contributed by atoms with Crippen LogP contribution in [0.3, 0.4) is 0 Å². The Balaban J connectivity index is 2.31. The van der Waals surface area contributed by atoms with Crippen LogP contribution in [-0.4, -0.2) is 27.8 Å². The van der Waals surface area contributed by atoms with Crippen molar-refractivity contribution >= 4 is 11.8 Å². The van der Waals surface area contributed by atoms with Crippen molar-refractivity contribution in [2.24, 2.45) is 7.05 Å². The molecule has 4 heteroatoms. The molecule has 0 fully saturated rings. The molecular formula is C10H19N3S. The first-order valence-corrected chi connectivity index (χ1v) is 6.35. The summed E-state index contributed by atoms with van der Waals surface area (Å²) in [7, 11) is 1.95. The minimum atomic E-state index is 0.616. The Labute approximate surface area is 90.3 Å². The molecule has 3 nitrogen and oxygen atoms in total. The molecule has 0 aromatic carbocycles. The Hall–Kier alpha value is -0.480. The van der Waals surface area contributed by atoms with Crippen LogP contribution in [0, 0.1) is 0 Å². The second-order valence-electron chi connectivity index (χ2n) is 3.46. The SMILES string of the molecule is CCC(CSC)NCc1cnn(C)c1. The van der Waals surface area contributed by atoms with Crippen LogP contribution in [0.2, 0.25) is 0 Å². The molecule has 1 atom stereocenters. The van der Waals surface area contributed by atoms with E-state index < -0.39 is 0 Å². The molecule has 1 rings (SSSR count). The van der Waals surface area contributed by atoms with Crippen molar-refractivity contribution in [3.63, 3.8) is 0 Å². The van der Waals surface area contributed by atoms with Crippen LogP contribution in [0.15, 0.2) is 12.4 Å². The Morgan fingerprint density at radius 1 is 1.64 bits per heavy atom. The van der Waals surface area contributed by atoms with Gasteiger partial charge in [0.25, 0.3) is 0 Å². The fraction of sp³-hybridized carbons (Fsp3) is 0.700. The molecule has 0 spiro atoms. The molecule has 0 saturated heterocycles. The summed E-state index contributed by atoms with van der Waals surface area (Å²) in [5.74, 6) is 1.18. The Morgan fingerprint density at radius 3 is 2.93 bits per heavy atom. The van der Waals surface area contributed by atoms with E-state index in [2.05, 4.69) is 29.8 Å². The molecule has 0 aliphatic rings. The lowest BCUT2D eigenvalue weighted by Gasteiger charge is -2.14. The topological polar surface area (TPSA) is 29.9 Å². The molecule has 1 unspecified atom stereocenters. The number of thioether (sulfide) groups is 1. The first kappa shape index (κ1) is 11.6. The fourth-order valence-corrected chi connectivity index (χ4v) is 2.10. The van der Waals surface area contributed by atoms with E-state index in [9.17, 15) is 0 Å². The van der Waals surface area contributed by atoms with Gasteiger partial charge in [-0.25, -0.2) is 0 Å². The molecule has 14 heavy (non-hydrogen) atoms. The molecule has 1 aromatic heterocycles. The van der Waals surface area contributed by atoms with Gasteiger partial charge in [-0.2, -0.15) is 16.9 Å². The van der Waals surface area contributed by atoms with Gasteiger partial charge in [-0.3, -0.25) is 4.68 Å². The number of aryl methyl sites for hydroxylation is 1. The maximum Gasteiger partial charge on any atom is 0.0534 e. The highest BCUT2D eigenvalue weighted by Crippen LogP contribution is 2.03. The average molecular weight is 213 g/mol. The maximum absolute atomic E-state index is 4.14. The van der Waals surface area contributed by atoms with Gasteiger partial charge in [0.2, 0.25) is 0 Å². The van der Waals surface area contributed by atoms with Gasteiger partial charge in [0, 0.05) is 37.1 Å². The lowest BCUT2D eigenvalue weighted by atomic mass is 10.2. The molecule has 80 valence electrons. The van der Waals surface area contributed by atoms with Gasteiger partial charge < -0.3 is 5.32 Å². The molecule has 1 heterocycles. The van der Waals surface area contributed by atoms with Crippen molar-refractivity contribution in [1.29, 1.82) is 0 Å². The van der Waals surface area contributed by atoms with E-state index in [0.29, 0.717) is 6.04 Å². The summed E-state index contributed by atoms with van der Waals surface area (Å²) >= 11 is 1.89. The monoisotopic (exact) mass is 213 g/mol. The van der Waals surface area contributed by atoms with E-state index in [1.54, 1.807) is 0 Å². The van der Waals surface area contributed by atoms with E-state index in [-0.39, 0.29) is 0 Å². The lowest BCUT2D eigenvalue weighted by molar-refractivity contribution is 0.541. The van der Waals surface area contributed by atoms with Gasteiger partial charge in [-0.15, -0.1) is 0 Å². The minimum Gasteiger partial charge on any atom is -0.309 e. The molecule has 0 bridgehead atoms. The smallest absolute Gasteiger partial charge is 0.0534 e. The number of aromatic nitrogens is 2. The molecule has 1 N–H and O–H groups in total. The van der Waals surface area contributed by atoms with E-state index in [4.69, 9.17) is 0 Å². The van der Waals surface area contributed by atoms with Gasteiger partial charge in [0.15, 0.2) is 0 Å². The van der Waals surface area contributed by atoms with Crippen LogP contribution >= 0.6 is 11.8 Å². The third kappa shape index (κ3) is 3.72. The van der Waals surface area contributed by atoms with Crippen LogP contribution in [0.25, 0.3) is 0 Å². The highest BCUT2D eigenvalue weighted by atomic mass is 32.2. The van der Waals surface area contributed by atoms with Gasteiger partial charge in [0.1, 0.15) is 0 Å². The van der Waals surface area contributed by atoms with Crippen molar-refractivity contribution in [3.05, 3.63) is 18.0 Å². The molecule has 0 aliphatic heterocycles. The molecule has 0 aliphatic carbocycles. The third-order valence-corrected chi connectivity index (χ3v) is 2.95. The van der Waals surface area contributed by atoms with Crippen LogP contribution in [0.5, 0.6) is 0 Å². The van der Waals surface area contributed by atoms with E-state index >= 15 is 0 Å². The first-order chi connectivity index (χ1) is 6.76. The maximum atomic E-state index is 4.14. The second kappa shape index (κ2) is 6.09. The quantitative estimate of drug-likeness (QED) is 0.779. The predicted molar refractivity (Wildman–Crippen MR) is 62.5 cm³/mol. The number of nitrogens with one attached hydrogen (secondary N) is 1. The van der Waals surface area contributed by atoms with Crippen molar-refractivity contribution in [3.8, 4) is 0 Å². The van der Waals surface area contributed by atoms with Crippen LogP contribution < -0.4 is 5.32 Å². The second-order valence-corrected chi connectivity index (χ2v) is 4.37. The summed E-state index contributed by atoms with van der Waals surface area (Å²) < 4.78 is 1.84. The standard InChI is InChI=1S/C10H19N3S/c1-4-10(8-14-3)11-5-9-6-12-13(2)7-9/h6-7,10-11H,4-5,8H2,1-3H3. The zero-order chi connectivity index (χ0) is 10.4. The largest absolute Gasteiger partial charge is 0.309 e. The summed E-state index contributed by atoms with van der Waals surface area (Å²) in [6.45, 7) is 3.14. The average Bonchev–Trinajstić information content (AvgIpc) is 2.59. The van der Waals surface area contributed by atoms with Crippen molar-refractivity contribution in [2.75, 3.05) is 12.0 Å². The lowest BCUT2D eigenvalue weighted by Crippen LogP contribution is -2.29. The zero-order valence-electron chi connectivity index (χ0n) is 9.16. The van der Waals surface area contributed by atoms with Crippen molar-refractivity contribution < 1.29 is 0 Å². The fourth-order valence-electron chi connectivity index (χ4n) is 1.35. The minimum absolute atomic E-state index is 0.616. The summed E-state index contributed by atoms with van der Waals surface area (Å²) in [4.78, 5) is 0. The van der Waals surface area contributed by atoms with Crippen molar-refractivity contribution in [1.82, 2.24) is 15.1 Å². The normalized spacial score (nSPS) is 13.1. The van der Waals surface area contributed by atoms with E-state index in [0.717, 1.165) is 6.54 Å². The van der Waals surface area contributed by atoms with E-state index in [1.165, 1.54) is 17.7 Å². The Bertz CT molecular complexity index is 260. The summed E-state index contributed by atoms with van der Waals surface area (Å²) in [5, 5.41) is 7.66. The first-order valence-electron chi connectivity index (χ1n) is 4.96. The highest BCUT2D eigenvalue weighted by Gasteiger charge is 2.04. The Morgan fingerprint density at radius 2 is 2.43 bits per heavy atom. The zero-order valence-corrected chi connectivity index (χ0v) is 9.97. The number of hydrogen-bond acceptors (Lipinski definition) is 3.